The maximum Gasteiger partial charge on any atom is 0.328 e. The van der Waals surface area contributed by atoms with Gasteiger partial charge in [0.25, 0.3) is 0 Å². The Hall–Kier alpha value is -1.69. The zero-order valence-electron chi connectivity index (χ0n) is 15.4. The molecule has 142 valence electrons. The summed E-state index contributed by atoms with van der Waals surface area (Å²) in [5, 5.41) is 22.3. The fourth-order valence-electron chi connectivity index (χ4n) is 3.88. The highest BCUT2D eigenvalue weighted by atomic mass is 16.5. The largest absolute Gasteiger partial charge is 0.478 e. The quantitative estimate of drug-likeness (QED) is 0.559. The van der Waals surface area contributed by atoms with Crippen LogP contribution in [0.4, 0.5) is 0 Å². The molecular weight excluding hydrogens is 330 g/mol. The van der Waals surface area contributed by atoms with Gasteiger partial charge in [0.05, 0.1) is 18.8 Å². The molecule has 0 aromatic heterocycles. The van der Waals surface area contributed by atoms with E-state index in [1.54, 1.807) is 6.92 Å². The normalized spacial score (nSPS) is 20.8. The van der Waals surface area contributed by atoms with Crippen molar-refractivity contribution < 1.29 is 19.7 Å². The number of carboxylic acids is 1. The fraction of sp³-hybridized carbons (Fsp3) is 0.571. The topological polar surface area (TPSA) is 78.8 Å². The van der Waals surface area contributed by atoms with Crippen LogP contribution in [0.3, 0.4) is 0 Å². The second kappa shape index (κ2) is 8.33. The number of aliphatic hydroxyl groups excluding tert-OH is 1. The summed E-state index contributed by atoms with van der Waals surface area (Å²) < 4.78 is 5.48. The number of β-amino-alcohol motifs (C(OH)–C–C–N with tert-alkyl or cyclic N) is 1. The Balaban J connectivity index is 1.37. The second-order valence-corrected chi connectivity index (χ2v) is 7.80. The number of aliphatic hydroxyl groups is 1. The van der Waals surface area contributed by atoms with Crippen LogP contribution >= 0.6 is 0 Å². The smallest absolute Gasteiger partial charge is 0.328 e. The number of carboxylic acid groups (broad SMARTS) is 1. The van der Waals surface area contributed by atoms with Crippen molar-refractivity contribution in [3.05, 3.63) is 47.5 Å². The van der Waals surface area contributed by atoms with Crippen molar-refractivity contribution >= 4 is 5.97 Å². The summed E-state index contributed by atoms with van der Waals surface area (Å²) in [5.74, 6) is -0.302. The summed E-state index contributed by atoms with van der Waals surface area (Å²) in [6.07, 6.45) is 7.46. The zero-order valence-corrected chi connectivity index (χ0v) is 15.4. The van der Waals surface area contributed by atoms with E-state index in [1.165, 1.54) is 42.9 Å². The van der Waals surface area contributed by atoms with Gasteiger partial charge in [-0.15, -0.1) is 0 Å². The first-order chi connectivity index (χ1) is 12.5. The Bertz CT molecular complexity index is 628. The first-order valence-electron chi connectivity index (χ1n) is 9.48. The molecule has 0 unspecified atom stereocenters. The highest BCUT2D eigenvalue weighted by Crippen LogP contribution is 2.44. The van der Waals surface area contributed by atoms with E-state index in [2.05, 4.69) is 29.6 Å². The van der Waals surface area contributed by atoms with E-state index in [-0.39, 0.29) is 18.2 Å². The molecule has 0 radical (unpaired) electrons. The van der Waals surface area contributed by atoms with Crippen molar-refractivity contribution in [2.45, 2.75) is 56.8 Å². The van der Waals surface area contributed by atoms with Crippen molar-refractivity contribution in [3.8, 4) is 0 Å². The van der Waals surface area contributed by atoms with Crippen LogP contribution in [0.1, 0.15) is 37.3 Å². The first kappa shape index (κ1) is 19.1. The third kappa shape index (κ3) is 5.40. The molecule has 2 atom stereocenters. The van der Waals surface area contributed by atoms with Crippen molar-refractivity contribution in [2.75, 3.05) is 13.2 Å². The van der Waals surface area contributed by atoms with Crippen LogP contribution in [0, 0.1) is 5.92 Å². The average molecular weight is 359 g/mol. The van der Waals surface area contributed by atoms with Crippen LogP contribution in [0.25, 0.3) is 0 Å². The highest BCUT2D eigenvalue weighted by molar-refractivity contribution is 5.79. The summed E-state index contributed by atoms with van der Waals surface area (Å²) in [6, 6.07) is 8.72. The minimum absolute atomic E-state index is 0.183. The van der Waals surface area contributed by atoms with Crippen molar-refractivity contribution in [2.24, 2.45) is 5.92 Å². The standard InChI is InChI=1S/C21H29NO4/c1-15(6-7-20(24)25)26-14-19(23)13-22-21(8-9-21)12-16-10-17-4-2-3-5-18(17)11-16/h2-7,15-16,19,22-23H,8-14H2,1H3,(H,24,25)/t15-,19-/m1/s1. The van der Waals surface area contributed by atoms with Gasteiger partial charge >= 0.3 is 5.97 Å². The summed E-state index contributed by atoms with van der Waals surface area (Å²) in [6.45, 7) is 2.47. The summed E-state index contributed by atoms with van der Waals surface area (Å²) in [7, 11) is 0. The van der Waals surface area contributed by atoms with Crippen LogP contribution < -0.4 is 5.32 Å². The van der Waals surface area contributed by atoms with Gasteiger partial charge in [-0.2, -0.15) is 0 Å². The SMILES string of the molecule is C[C@H](C=CC(=O)O)OC[C@H](O)CNC1(CC2Cc3ccccc3C2)CC1. The summed E-state index contributed by atoms with van der Waals surface area (Å²) >= 11 is 0. The third-order valence-corrected chi connectivity index (χ3v) is 5.44. The van der Waals surface area contributed by atoms with Crippen molar-refractivity contribution in [1.82, 2.24) is 5.32 Å². The number of nitrogens with one attached hydrogen (secondary N) is 1. The lowest BCUT2D eigenvalue weighted by Gasteiger charge is -2.23. The van der Waals surface area contributed by atoms with Gasteiger partial charge in [0, 0.05) is 18.2 Å². The van der Waals surface area contributed by atoms with E-state index in [4.69, 9.17) is 9.84 Å². The molecule has 1 saturated carbocycles. The van der Waals surface area contributed by atoms with Crippen LogP contribution in [0.2, 0.25) is 0 Å². The van der Waals surface area contributed by atoms with Crippen LogP contribution in [0.15, 0.2) is 36.4 Å². The van der Waals surface area contributed by atoms with E-state index >= 15 is 0 Å². The van der Waals surface area contributed by atoms with Gasteiger partial charge in [-0.05, 0) is 62.1 Å². The molecule has 5 nitrogen and oxygen atoms in total. The van der Waals surface area contributed by atoms with Crippen LogP contribution in [-0.4, -0.2) is 47.1 Å². The summed E-state index contributed by atoms with van der Waals surface area (Å²) in [4.78, 5) is 10.5. The Kier molecular flexibility index (Phi) is 6.12. The molecule has 0 aliphatic heterocycles. The molecule has 0 amide bonds. The number of rotatable bonds is 10. The average Bonchev–Trinajstić information content (AvgIpc) is 3.25. The molecule has 2 aliphatic rings. The molecule has 5 heteroatoms. The van der Waals surface area contributed by atoms with Gasteiger partial charge in [0.15, 0.2) is 0 Å². The molecule has 0 spiro atoms. The molecule has 1 fully saturated rings. The molecular formula is C21H29NO4. The Morgan fingerprint density at radius 3 is 2.58 bits per heavy atom. The van der Waals surface area contributed by atoms with E-state index in [0.717, 1.165) is 12.5 Å². The van der Waals surface area contributed by atoms with Crippen molar-refractivity contribution in [1.29, 1.82) is 0 Å². The van der Waals surface area contributed by atoms with Gasteiger partial charge in [-0.1, -0.05) is 24.3 Å². The zero-order chi connectivity index (χ0) is 18.6. The van der Waals surface area contributed by atoms with Gasteiger partial charge in [-0.3, -0.25) is 0 Å². The molecule has 3 N–H and O–H groups in total. The summed E-state index contributed by atoms with van der Waals surface area (Å²) in [5.41, 5.74) is 3.16. The van der Waals surface area contributed by atoms with Gasteiger partial charge in [0.2, 0.25) is 0 Å². The number of benzene rings is 1. The fourth-order valence-corrected chi connectivity index (χ4v) is 3.88. The maximum absolute atomic E-state index is 10.5. The van der Waals surface area contributed by atoms with E-state index in [1.807, 2.05) is 0 Å². The monoisotopic (exact) mass is 359 g/mol. The Morgan fingerprint density at radius 2 is 2.00 bits per heavy atom. The maximum atomic E-state index is 10.5. The van der Waals surface area contributed by atoms with E-state index < -0.39 is 12.1 Å². The Labute approximate surface area is 155 Å². The predicted octanol–water partition coefficient (Wildman–Crippen LogP) is 2.32. The molecule has 0 bridgehead atoms. The number of ether oxygens (including phenoxy) is 1. The molecule has 26 heavy (non-hydrogen) atoms. The molecule has 1 aromatic rings. The number of carbonyl (C=O) groups is 1. The second-order valence-electron chi connectivity index (χ2n) is 7.80. The number of aliphatic carboxylic acids is 1. The minimum atomic E-state index is -0.993. The predicted molar refractivity (Wildman–Crippen MR) is 100 cm³/mol. The molecule has 2 aliphatic carbocycles. The van der Waals surface area contributed by atoms with Crippen molar-refractivity contribution in [3.63, 3.8) is 0 Å². The first-order valence-corrected chi connectivity index (χ1v) is 9.48. The third-order valence-electron chi connectivity index (χ3n) is 5.44. The molecule has 3 rings (SSSR count). The lowest BCUT2D eigenvalue weighted by atomic mass is 9.95. The van der Waals surface area contributed by atoms with E-state index in [0.29, 0.717) is 12.5 Å². The van der Waals surface area contributed by atoms with Gasteiger partial charge < -0.3 is 20.3 Å². The lowest BCUT2D eigenvalue weighted by Crippen LogP contribution is -2.40. The van der Waals surface area contributed by atoms with Gasteiger partial charge in [-0.25, -0.2) is 4.79 Å². The van der Waals surface area contributed by atoms with Crippen LogP contribution in [-0.2, 0) is 22.4 Å². The Morgan fingerprint density at radius 1 is 1.35 bits per heavy atom. The molecule has 0 saturated heterocycles. The minimum Gasteiger partial charge on any atom is -0.478 e. The number of hydrogen-bond acceptors (Lipinski definition) is 4. The lowest BCUT2D eigenvalue weighted by molar-refractivity contribution is -0.131. The number of hydrogen-bond donors (Lipinski definition) is 3. The van der Waals surface area contributed by atoms with Crippen LogP contribution in [0.5, 0.6) is 0 Å². The van der Waals surface area contributed by atoms with Gasteiger partial charge in [0.1, 0.15) is 0 Å². The van der Waals surface area contributed by atoms with E-state index in [9.17, 15) is 9.90 Å². The molecule has 0 heterocycles. The number of fused-ring (bicyclic) bond motifs is 1. The molecule has 1 aromatic carbocycles. The highest BCUT2D eigenvalue weighted by Gasteiger charge is 2.44.